The normalized spacial score (nSPS) is 17.3. The number of hydrogen-bond acceptors (Lipinski definition) is 23. The van der Waals surface area contributed by atoms with Crippen LogP contribution in [0.2, 0.25) is 0 Å². The van der Waals surface area contributed by atoms with E-state index in [-0.39, 0.29) is 10.8 Å². The first-order valence-corrected chi connectivity index (χ1v) is 38.4. The van der Waals surface area contributed by atoms with Crippen LogP contribution < -0.4 is 53.4 Å². The van der Waals surface area contributed by atoms with Gasteiger partial charge in [-0.05, 0) is 189 Å². The minimum Gasteiger partial charge on any atom is -0.368 e. The lowest BCUT2D eigenvalue weighted by Crippen LogP contribution is -2.29. The third-order valence-electron chi connectivity index (χ3n) is 18.0. The van der Waals surface area contributed by atoms with Gasteiger partial charge in [0.25, 0.3) is 0 Å². The van der Waals surface area contributed by atoms with Crippen molar-refractivity contribution in [2.75, 3.05) is 72.8 Å². The second-order valence-corrected chi connectivity index (χ2v) is 30.0. The molecule has 3 unspecified atom stereocenters. The zero-order chi connectivity index (χ0) is 69.7. The van der Waals surface area contributed by atoms with Crippen LogP contribution in [0.1, 0.15) is 127 Å². The van der Waals surface area contributed by atoms with E-state index in [1.165, 1.54) is 44.2 Å². The van der Waals surface area contributed by atoms with Crippen LogP contribution in [0.4, 0.5) is 29.2 Å². The smallest absolute Gasteiger partial charge is 0.238 e. The molecule has 16 rings (SSSR count). The fourth-order valence-electron chi connectivity index (χ4n) is 12.6. The van der Waals surface area contributed by atoms with Crippen molar-refractivity contribution in [1.29, 1.82) is 0 Å². The summed E-state index contributed by atoms with van der Waals surface area (Å²) in [6.45, 7) is 9.67. The Balaban J connectivity index is 0.000000121. The van der Waals surface area contributed by atoms with Gasteiger partial charge in [0.15, 0.2) is 22.6 Å². The van der Waals surface area contributed by atoms with Gasteiger partial charge in [-0.2, -0.15) is 38.5 Å². The number of nitrogens with two attached hydrogens (primary N) is 2. The number of piperidine rings is 4. The molecule has 33 heteroatoms. The second kappa shape index (κ2) is 33.7. The van der Waals surface area contributed by atoms with Gasteiger partial charge >= 0.3 is 0 Å². The number of halogens is 4. The van der Waals surface area contributed by atoms with Gasteiger partial charge in [-0.25, -0.2) is 43.5 Å². The molecule has 28 nitrogen and oxygen atoms in total. The molecular weight excluding hydrogens is 1560 g/mol. The number of hydrogen-bond donors (Lipinski definition) is 10. The van der Waals surface area contributed by atoms with E-state index in [1.807, 2.05) is 38.1 Å². The molecule has 0 spiro atoms. The zero-order valence-electron chi connectivity index (χ0n) is 55.2. The van der Waals surface area contributed by atoms with Crippen LogP contribution >= 0.6 is 63.7 Å². The summed E-state index contributed by atoms with van der Waals surface area (Å²) in [5, 5.41) is 50.4. The van der Waals surface area contributed by atoms with Crippen molar-refractivity contribution in [1.82, 2.24) is 99.6 Å². The van der Waals surface area contributed by atoms with Crippen LogP contribution in [0.25, 0.3) is 22.6 Å². The van der Waals surface area contributed by atoms with Crippen molar-refractivity contribution in [3.05, 3.63) is 198 Å². The molecule has 4 fully saturated rings. The number of nitrogen functional groups attached to an aromatic ring is 1. The van der Waals surface area contributed by atoms with Gasteiger partial charge < -0.3 is 48.3 Å². The third-order valence-corrected chi connectivity index (χ3v) is 21.1. The van der Waals surface area contributed by atoms with Gasteiger partial charge in [-0.15, -0.1) is 0 Å². The maximum atomic E-state index is 11.4. The summed E-state index contributed by atoms with van der Waals surface area (Å²) in [6, 6.07) is 23.2. The number of sulfonamides is 1. The predicted molar refractivity (Wildman–Crippen MR) is 404 cm³/mol. The molecule has 4 saturated heterocycles. The number of nitrogens with zero attached hydrogens (tertiary/aromatic N) is 16. The minimum atomic E-state index is -3.68. The summed E-state index contributed by atoms with van der Waals surface area (Å²) in [6.07, 6.45) is 28.2. The number of fused-ring (bicyclic) bond motifs is 4. The lowest BCUT2D eigenvalue weighted by atomic mass is 9.94. The highest BCUT2D eigenvalue weighted by atomic mass is 79.9. The Morgan fingerprint density at radius 3 is 1.28 bits per heavy atom. The van der Waals surface area contributed by atoms with Gasteiger partial charge in [0, 0.05) is 136 Å². The molecule has 4 aliphatic rings. The standard InChI is InChI=1S/C18H21BrN6O2S.2C17H19BrN6.C16H19BrN8/c19-15-11-23-25-17(9-16(24-18(15)25)13-5-7-21-8-6-13)22-10-12-1-3-14(4-2-12)28(20,26)27;18-14-11-22-24-16(21-9-12-3-1-5-19-8-12)7-15(23-17(14)24)13-4-2-6-20-10-13;18-13-11-22-24-16(21-10-12-4-3-6-19-9-12)8-15(23-17(13)24)14-5-1-2-7-20-14;17-12-9-23-25-14(20-5-10-6-21-16(18)22-7-10)4-13(24-15(12)25)11-2-1-3-19-8-11/h1-4,9,11,13,21-22H,5-8,10H2,(H2,20,26,27);1,3,5,7-8,11,13,20-21H,2,4,6,9-10H2;3-4,6,8-9,11,14,20-21H,1-2,5,7,10H2;4,6-7,9,11,19-20H,1-3,5,8H2,(H2,18,21,22). The number of rotatable bonds is 17. The highest BCUT2D eigenvalue weighted by Gasteiger charge is 2.25. The average molecular weight is 1640 g/mol. The first-order chi connectivity index (χ1) is 49.2. The van der Waals surface area contributed by atoms with E-state index in [0.29, 0.717) is 50.0 Å². The topological polar surface area (TPSA) is 355 Å². The fourth-order valence-corrected chi connectivity index (χ4v) is 14.5. The summed E-state index contributed by atoms with van der Waals surface area (Å²) in [5.41, 5.74) is 17.3. The van der Waals surface area contributed by atoms with E-state index in [4.69, 9.17) is 30.8 Å². The molecule has 12 aromatic rings. The monoisotopic (exact) mass is 1640 g/mol. The van der Waals surface area contributed by atoms with E-state index < -0.39 is 10.0 Å². The van der Waals surface area contributed by atoms with Crippen LogP contribution in [0, 0.1) is 0 Å². The quantitative estimate of drug-likeness (QED) is 0.0405. The number of pyridine rings is 2. The number of anilines is 5. The summed E-state index contributed by atoms with van der Waals surface area (Å²) in [5.74, 6) is 5.20. The van der Waals surface area contributed by atoms with Gasteiger partial charge in [-0.1, -0.05) is 30.7 Å². The van der Waals surface area contributed by atoms with E-state index >= 15 is 0 Å². The maximum Gasteiger partial charge on any atom is 0.238 e. The molecule has 3 atom stereocenters. The minimum absolute atomic E-state index is 0.103. The molecule has 1 aromatic carbocycles. The molecule has 101 heavy (non-hydrogen) atoms. The molecular formula is C68H78Br4N26O2S. The fraction of sp³-hybridized carbons (Fsp3) is 0.353. The predicted octanol–water partition coefficient (Wildman–Crippen LogP) is 10.4. The number of nitrogens with one attached hydrogen (secondary N) is 8. The van der Waals surface area contributed by atoms with Gasteiger partial charge in [0.1, 0.15) is 23.3 Å². The van der Waals surface area contributed by atoms with Gasteiger partial charge in [0.05, 0.1) is 64.7 Å². The van der Waals surface area contributed by atoms with Crippen molar-refractivity contribution < 1.29 is 8.42 Å². The van der Waals surface area contributed by atoms with Crippen molar-refractivity contribution in [3.63, 3.8) is 0 Å². The van der Waals surface area contributed by atoms with Crippen LogP contribution in [0.3, 0.4) is 0 Å². The first kappa shape index (κ1) is 71.2. The Kier molecular flexibility index (Phi) is 23.7. The van der Waals surface area contributed by atoms with Gasteiger partial charge in [0.2, 0.25) is 16.0 Å². The summed E-state index contributed by atoms with van der Waals surface area (Å²) < 4.78 is 33.6. The molecule has 4 aliphatic heterocycles. The average Bonchev–Trinajstić information content (AvgIpc) is 1.73. The lowest BCUT2D eigenvalue weighted by molar-refractivity contribution is 0.405. The van der Waals surface area contributed by atoms with Crippen LogP contribution in [-0.2, 0) is 36.2 Å². The highest BCUT2D eigenvalue weighted by molar-refractivity contribution is 9.11. The molecule has 0 saturated carbocycles. The van der Waals surface area contributed by atoms with Crippen LogP contribution in [0.5, 0.6) is 0 Å². The van der Waals surface area contributed by atoms with Crippen molar-refractivity contribution in [2.45, 2.75) is 113 Å². The molecule has 0 bridgehead atoms. The maximum absolute atomic E-state index is 11.4. The largest absolute Gasteiger partial charge is 0.368 e. The van der Waals surface area contributed by atoms with E-state index in [0.717, 1.165) is 180 Å². The Morgan fingerprint density at radius 2 is 0.871 bits per heavy atom. The Bertz CT molecular complexity index is 4690. The number of benzene rings is 1. The molecule has 0 radical (unpaired) electrons. The second-order valence-electron chi connectivity index (χ2n) is 25.1. The highest BCUT2D eigenvalue weighted by Crippen LogP contribution is 2.33. The summed E-state index contributed by atoms with van der Waals surface area (Å²) in [7, 11) is -3.68. The Hall–Kier alpha value is -8.25. The number of primary sulfonamides is 1. The molecule has 12 N–H and O–H groups in total. The molecule has 0 aliphatic carbocycles. The van der Waals surface area contributed by atoms with E-state index in [9.17, 15) is 8.42 Å². The van der Waals surface area contributed by atoms with Crippen LogP contribution in [-0.4, -0.2) is 133 Å². The van der Waals surface area contributed by atoms with Crippen molar-refractivity contribution in [3.8, 4) is 0 Å². The van der Waals surface area contributed by atoms with Crippen molar-refractivity contribution >= 4 is 126 Å². The molecule has 526 valence electrons. The molecule has 0 amide bonds. The zero-order valence-corrected chi connectivity index (χ0v) is 62.4. The first-order valence-electron chi connectivity index (χ1n) is 33.7. The molecule has 15 heterocycles. The Labute approximate surface area is 617 Å². The summed E-state index contributed by atoms with van der Waals surface area (Å²) >= 11 is 14.2. The summed E-state index contributed by atoms with van der Waals surface area (Å²) in [4.78, 5) is 35.8. The SMILES string of the molecule is Brc1cnn2c(NCc3cccnc3)cc(C3CCCCN3)nc12.Brc1cnn2c(NCc3cccnc3)cc(C3CCCNC3)nc12.NS(=O)(=O)c1ccc(CNc2cc(C3CCNCC3)nc3c(Br)cnn23)cc1.Nc1ncc(CNc2cc(C3CCCNC3)nc3c(Br)cnn23)cn1. The van der Waals surface area contributed by atoms with Crippen LogP contribution in [0.15, 0.2) is 158 Å². The Morgan fingerprint density at radius 1 is 0.446 bits per heavy atom. The third kappa shape index (κ3) is 18.2. The van der Waals surface area contributed by atoms with Gasteiger partial charge in [-0.3, -0.25) is 9.97 Å². The number of aromatic nitrogens is 16. The van der Waals surface area contributed by atoms with E-state index in [2.05, 4.69) is 183 Å². The lowest BCUT2D eigenvalue weighted by Gasteiger charge is -2.23. The van der Waals surface area contributed by atoms with E-state index in [1.54, 1.807) is 66.2 Å². The molecule has 11 aromatic heterocycles. The van der Waals surface area contributed by atoms with Crippen molar-refractivity contribution in [2.24, 2.45) is 5.14 Å².